The maximum absolute atomic E-state index is 12.1. The lowest BCUT2D eigenvalue weighted by atomic mass is 10.1. The van der Waals surface area contributed by atoms with Crippen molar-refractivity contribution in [3.05, 3.63) is 34.9 Å². The molecule has 0 bridgehead atoms. The fourth-order valence-corrected chi connectivity index (χ4v) is 2.44. The molecule has 0 atom stereocenters. The molecule has 2 heterocycles. The van der Waals surface area contributed by atoms with Crippen molar-refractivity contribution in [3.63, 3.8) is 0 Å². The van der Waals surface area contributed by atoms with Crippen LogP contribution in [0.3, 0.4) is 0 Å². The summed E-state index contributed by atoms with van der Waals surface area (Å²) in [6.07, 6.45) is 1.73. The van der Waals surface area contributed by atoms with Gasteiger partial charge in [0.25, 0.3) is 0 Å². The zero-order valence-electron chi connectivity index (χ0n) is 11.0. The first-order chi connectivity index (χ1) is 9.08. The van der Waals surface area contributed by atoms with E-state index in [1.807, 2.05) is 18.2 Å². The van der Waals surface area contributed by atoms with Crippen LogP contribution in [0.2, 0.25) is 0 Å². The van der Waals surface area contributed by atoms with Crippen molar-refractivity contribution in [2.24, 2.45) is 5.92 Å². The van der Waals surface area contributed by atoms with Crippen molar-refractivity contribution in [2.45, 2.75) is 20.4 Å². The van der Waals surface area contributed by atoms with Crippen molar-refractivity contribution in [1.29, 1.82) is 0 Å². The number of imidazole rings is 1. The Morgan fingerprint density at radius 1 is 1.47 bits per heavy atom. The second kappa shape index (κ2) is 4.12. The van der Waals surface area contributed by atoms with E-state index in [1.54, 1.807) is 10.8 Å². The highest BCUT2D eigenvalue weighted by Gasteiger charge is 2.14. The van der Waals surface area contributed by atoms with Crippen molar-refractivity contribution < 1.29 is 0 Å². The zero-order valence-corrected chi connectivity index (χ0v) is 11.0. The number of anilines is 1. The summed E-state index contributed by atoms with van der Waals surface area (Å²) in [5, 5.41) is 0.948. The van der Waals surface area contributed by atoms with Gasteiger partial charge < -0.3 is 10.7 Å². The second-order valence-electron chi connectivity index (χ2n) is 5.20. The number of H-pyrrole nitrogens is 1. The smallest absolute Gasteiger partial charge is 0.326 e. The maximum Gasteiger partial charge on any atom is 0.326 e. The molecule has 5 nitrogen and oxygen atoms in total. The fourth-order valence-electron chi connectivity index (χ4n) is 2.44. The van der Waals surface area contributed by atoms with Crippen LogP contribution in [0, 0.1) is 5.92 Å². The molecule has 1 aromatic carbocycles. The second-order valence-corrected chi connectivity index (χ2v) is 5.20. The SMILES string of the molecule is CC(C)Cn1c(=O)[nH]c2c(N)cc3cccnc3c21. The molecule has 19 heavy (non-hydrogen) atoms. The number of nitrogens with two attached hydrogens (primary N) is 1. The van der Waals surface area contributed by atoms with E-state index in [-0.39, 0.29) is 5.69 Å². The van der Waals surface area contributed by atoms with Gasteiger partial charge in [0.05, 0.1) is 22.2 Å². The Morgan fingerprint density at radius 3 is 3.00 bits per heavy atom. The molecule has 0 amide bonds. The summed E-state index contributed by atoms with van der Waals surface area (Å²) in [6, 6.07) is 5.67. The van der Waals surface area contributed by atoms with E-state index in [2.05, 4.69) is 23.8 Å². The van der Waals surface area contributed by atoms with Gasteiger partial charge in [0.2, 0.25) is 0 Å². The molecule has 0 unspecified atom stereocenters. The van der Waals surface area contributed by atoms with Crippen molar-refractivity contribution in [2.75, 3.05) is 5.73 Å². The third-order valence-electron chi connectivity index (χ3n) is 3.19. The van der Waals surface area contributed by atoms with Crippen molar-refractivity contribution in [1.82, 2.24) is 14.5 Å². The number of fused-ring (bicyclic) bond motifs is 3. The molecule has 0 radical (unpaired) electrons. The van der Waals surface area contributed by atoms with E-state index in [1.165, 1.54) is 0 Å². The van der Waals surface area contributed by atoms with E-state index < -0.39 is 0 Å². The predicted octanol–water partition coefficient (Wildman–Crippen LogP) is 2.12. The van der Waals surface area contributed by atoms with Crippen LogP contribution in [0.4, 0.5) is 5.69 Å². The number of aromatic nitrogens is 3. The van der Waals surface area contributed by atoms with Gasteiger partial charge in [-0.2, -0.15) is 0 Å². The van der Waals surface area contributed by atoms with Gasteiger partial charge in [0, 0.05) is 18.1 Å². The number of nitrogen functional groups attached to an aromatic ring is 1. The van der Waals surface area contributed by atoms with E-state index >= 15 is 0 Å². The lowest BCUT2D eigenvalue weighted by molar-refractivity contribution is 0.523. The molecule has 3 N–H and O–H groups in total. The van der Waals surface area contributed by atoms with E-state index in [4.69, 9.17) is 5.73 Å². The van der Waals surface area contributed by atoms with E-state index in [0.29, 0.717) is 23.7 Å². The molecule has 5 heteroatoms. The Morgan fingerprint density at radius 2 is 2.26 bits per heavy atom. The molecule has 0 fully saturated rings. The Hall–Kier alpha value is -2.30. The fraction of sp³-hybridized carbons (Fsp3) is 0.286. The molecule has 0 saturated carbocycles. The number of pyridine rings is 1. The quantitative estimate of drug-likeness (QED) is 0.689. The van der Waals surface area contributed by atoms with Crippen LogP contribution in [-0.2, 0) is 6.54 Å². The number of benzene rings is 1. The van der Waals surface area contributed by atoms with Crippen molar-refractivity contribution in [3.8, 4) is 0 Å². The number of rotatable bonds is 2. The van der Waals surface area contributed by atoms with Crippen LogP contribution in [0.25, 0.3) is 21.9 Å². The largest absolute Gasteiger partial charge is 0.397 e. The first-order valence-corrected chi connectivity index (χ1v) is 6.33. The predicted molar refractivity (Wildman–Crippen MR) is 77.1 cm³/mol. The Bertz CT molecular complexity index is 813. The molecule has 0 spiro atoms. The standard InChI is InChI=1S/C14H16N4O/c1-8(2)7-18-13-11-9(4-3-5-16-11)6-10(15)12(13)17-14(18)19/h3-6,8H,7,15H2,1-2H3,(H,17,19). The molecule has 0 aliphatic heterocycles. The van der Waals surface area contributed by atoms with Crippen LogP contribution in [0.1, 0.15) is 13.8 Å². The highest BCUT2D eigenvalue weighted by atomic mass is 16.1. The summed E-state index contributed by atoms with van der Waals surface area (Å²) in [7, 11) is 0. The Kier molecular flexibility index (Phi) is 2.55. The van der Waals surface area contributed by atoms with Crippen LogP contribution >= 0.6 is 0 Å². The number of aromatic amines is 1. The molecular weight excluding hydrogens is 240 g/mol. The van der Waals surface area contributed by atoms with Crippen LogP contribution in [0.15, 0.2) is 29.2 Å². The molecule has 2 aromatic heterocycles. The first-order valence-electron chi connectivity index (χ1n) is 6.33. The summed E-state index contributed by atoms with van der Waals surface area (Å²) < 4.78 is 1.73. The molecule has 3 aromatic rings. The summed E-state index contributed by atoms with van der Waals surface area (Å²) in [5.74, 6) is 0.372. The number of hydrogen-bond donors (Lipinski definition) is 2. The van der Waals surface area contributed by atoms with Gasteiger partial charge >= 0.3 is 5.69 Å². The average Bonchev–Trinajstić information content (AvgIpc) is 2.68. The van der Waals surface area contributed by atoms with Gasteiger partial charge in [-0.05, 0) is 18.1 Å². The highest BCUT2D eigenvalue weighted by molar-refractivity contribution is 6.07. The van der Waals surface area contributed by atoms with E-state index in [0.717, 1.165) is 16.4 Å². The zero-order chi connectivity index (χ0) is 13.6. The summed E-state index contributed by atoms with van der Waals surface area (Å²) in [5.41, 5.74) is 8.76. The normalized spacial score (nSPS) is 11.7. The summed E-state index contributed by atoms with van der Waals surface area (Å²) in [4.78, 5) is 19.3. The van der Waals surface area contributed by atoms with Crippen LogP contribution in [-0.4, -0.2) is 14.5 Å². The molecule has 0 saturated heterocycles. The monoisotopic (exact) mass is 256 g/mol. The van der Waals surface area contributed by atoms with Crippen LogP contribution < -0.4 is 11.4 Å². The minimum Gasteiger partial charge on any atom is -0.397 e. The van der Waals surface area contributed by atoms with Gasteiger partial charge in [0.15, 0.2) is 0 Å². The Balaban J connectivity index is 2.49. The van der Waals surface area contributed by atoms with Crippen LogP contribution in [0.5, 0.6) is 0 Å². The number of hydrogen-bond acceptors (Lipinski definition) is 3. The summed E-state index contributed by atoms with van der Waals surface area (Å²) in [6.45, 7) is 4.80. The van der Waals surface area contributed by atoms with Gasteiger partial charge in [-0.15, -0.1) is 0 Å². The molecule has 3 rings (SSSR count). The average molecular weight is 256 g/mol. The maximum atomic E-state index is 12.1. The van der Waals surface area contributed by atoms with Gasteiger partial charge in [0.1, 0.15) is 0 Å². The first kappa shape index (κ1) is 11.8. The summed E-state index contributed by atoms with van der Waals surface area (Å²) >= 11 is 0. The number of nitrogens with one attached hydrogen (secondary N) is 1. The van der Waals surface area contributed by atoms with Gasteiger partial charge in [-0.25, -0.2) is 4.79 Å². The third-order valence-corrected chi connectivity index (χ3v) is 3.19. The number of nitrogens with zero attached hydrogens (tertiary/aromatic N) is 2. The lowest BCUT2D eigenvalue weighted by Gasteiger charge is -2.08. The molecule has 0 aliphatic rings. The van der Waals surface area contributed by atoms with E-state index in [9.17, 15) is 4.79 Å². The highest BCUT2D eigenvalue weighted by Crippen LogP contribution is 2.27. The molecular formula is C14H16N4O. The minimum absolute atomic E-state index is 0.131. The topological polar surface area (TPSA) is 76.7 Å². The molecule has 0 aliphatic carbocycles. The van der Waals surface area contributed by atoms with Gasteiger partial charge in [-0.3, -0.25) is 9.55 Å². The minimum atomic E-state index is -0.131. The Labute approximate surface area is 110 Å². The van der Waals surface area contributed by atoms with Gasteiger partial charge in [-0.1, -0.05) is 19.9 Å². The molecule has 98 valence electrons. The third kappa shape index (κ3) is 1.78. The van der Waals surface area contributed by atoms with Crippen molar-refractivity contribution >= 4 is 27.6 Å². The lowest BCUT2D eigenvalue weighted by Crippen LogP contribution is -2.19.